The lowest BCUT2D eigenvalue weighted by molar-refractivity contribution is -0.130. The summed E-state index contributed by atoms with van der Waals surface area (Å²) in [6, 6.07) is 12.8. The fourth-order valence-corrected chi connectivity index (χ4v) is 6.29. The topological polar surface area (TPSA) is 66.9 Å². The zero-order valence-corrected chi connectivity index (χ0v) is 17.8. The number of carbonyl (C=O) groups excluding carboxylic acids is 1. The standard InChI is InChI=1S/C22H25FN2O4S/c1-15(26)25-14-20(16-6-8-18(29-2)9-7-16)21-13-24(11-10-22(21)25)30(27,28)19-5-3-4-17(23)12-19/h3-9,12,20-22H,10-11,13-14H2,1-2H3/t20-,21-,22-/m0/s1. The molecule has 2 aromatic carbocycles. The summed E-state index contributed by atoms with van der Waals surface area (Å²) < 4.78 is 46.6. The molecule has 0 radical (unpaired) electrons. The molecule has 0 aromatic heterocycles. The Balaban J connectivity index is 1.64. The van der Waals surface area contributed by atoms with Crippen LogP contribution in [-0.4, -0.2) is 56.3 Å². The van der Waals surface area contributed by atoms with Crippen molar-refractivity contribution >= 4 is 15.9 Å². The lowest BCUT2D eigenvalue weighted by Gasteiger charge is -2.38. The molecule has 2 aliphatic heterocycles. The monoisotopic (exact) mass is 432 g/mol. The molecule has 8 heteroatoms. The highest BCUT2D eigenvalue weighted by Gasteiger charge is 2.48. The van der Waals surface area contributed by atoms with Gasteiger partial charge in [0, 0.05) is 44.4 Å². The second-order valence-corrected chi connectivity index (χ2v) is 9.83. The summed E-state index contributed by atoms with van der Waals surface area (Å²) in [5.74, 6) is 0.165. The molecule has 0 saturated carbocycles. The number of carbonyl (C=O) groups is 1. The number of halogens is 1. The minimum atomic E-state index is -3.81. The van der Waals surface area contributed by atoms with Crippen LogP contribution in [0.2, 0.25) is 0 Å². The van der Waals surface area contributed by atoms with Crippen molar-refractivity contribution < 1.29 is 22.3 Å². The van der Waals surface area contributed by atoms with E-state index < -0.39 is 15.8 Å². The number of rotatable bonds is 4. The van der Waals surface area contributed by atoms with Crippen LogP contribution in [0.3, 0.4) is 0 Å². The number of benzene rings is 2. The normalized spacial score (nSPS) is 24.5. The third-order valence-corrected chi connectivity index (χ3v) is 8.14. The molecule has 160 valence electrons. The number of likely N-dealkylation sites (tertiary alicyclic amines) is 1. The predicted octanol–water partition coefficient (Wildman–Crippen LogP) is 2.86. The fourth-order valence-electron chi connectivity index (χ4n) is 4.76. The number of methoxy groups -OCH3 is 1. The van der Waals surface area contributed by atoms with Crippen LogP contribution in [0.4, 0.5) is 4.39 Å². The predicted molar refractivity (Wildman–Crippen MR) is 110 cm³/mol. The number of ether oxygens (including phenoxy) is 1. The molecule has 0 spiro atoms. The van der Waals surface area contributed by atoms with E-state index in [0.29, 0.717) is 26.1 Å². The van der Waals surface area contributed by atoms with Gasteiger partial charge >= 0.3 is 0 Å². The second-order valence-electron chi connectivity index (χ2n) is 7.89. The number of fused-ring (bicyclic) bond motifs is 1. The van der Waals surface area contributed by atoms with Crippen LogP contribution in [0.15, 0.2) is 53.4 Å². The minimum absolute atomic E-state index is 0.00227. The molecule has 30 heavy (non-hydrogen) atoms. The maximum Gasteiger partial charge on any atom is 0.243 e. The van der Waals surface area contributed by atoms with Crippen molar-refractivity contribution in [3.05, 3.63) is 59.9 Å². The van der Waals surface area contributed by atoms with Crippen molar-refractivity contribution in [1.82, 2.24) is 9.21 Å². The highest BCUT2D eigenvalue weighted by atomic mass is 32.2. The van der Waals surface area contributed by atoms with Crippen molar-refractivity contribution in [2.24, 2.45) is 5.92 Å². The molecule has 2 aromatic rings. The summed E-state index contributed by atoms with van der Waals surface area (Å²) in [5, 5.41) is 0. The Morgan fingerprint density at radius 1 is 1.13 bits per heavy atom. The Kier molecular flexibility index (Phi) is 5.55. The number of amides is 1. The summed E-state index contributed by atoms with van der Waals surface area (Å²) in [6.45, 7) is 2.72. The Labute approximate surface area is 176 Å². The zero-order valence-electron chi connectivity index (χ0n) is 17.0. The molecule has 0 N–H and O–H groups in total. The summed E-state index contributed by atoms with van der Waals surface area (Å²) >= 11 is 0. The maximum absolute atomic E-state index is 13.6. The quantitative estimate of drug-likeness (QED) is 0.745. The lowest BCUT2D eigenvalue weighted by Crippen LogP contribution is -2.49. The van der Waals surface area contributed by atoms with Crippen LogP contribution in [-0.2, 0) is 14.8 Å². The van der Waals surface area contributed by atoms with Crippen LogP contribution in [0.5, 0.6) is 5.75 Å². The molecule has 6 nitrogen and oxygen atoms in total. The SMILES string of the molecule is COc1ccc([C@@H]2CN(C(C)=O)[C@H]3CCN(S(=O)(=O)c4cccc(F)c4)C[C@@H]23)cc1. The van der Waals surface area contributed by atoms with Gasteiger partial charge < -0.3 is 9.64 Å². The molecule has 0 aliphatic carbocycles. The van der Waals surface area contributed by atoms with Crippen LogP contribution < -0.4 is 4.74 Å². The zero-order chi connectivity index (χ0) is 21.5. The smallest absolute Gasteiger partial charge is 0.243 e. The van der Waals surface area contributed by atoms with Crippen LogP contribution >= 0.6 is 0 Å². The van der Waals surface area contributed by atoms with E-state index in [1.54, 1.807) is 14.0 Å². The summed E-state index contributed by atoms with van der Waals surface area (Å²) in [4.78, 5) is 14.1. The van der Waals surface area contributed by atoms with Crippen molar-refractivity contribution in [3.63, 3.8) is 0 Å². The van der Waals surface area contributed by atoms with Crippen LogP contribution in [0.1, 0.15) is 24.8 Å². The van der Waals surface area contributed by atoms with Gasteiger partial charge in [0.15, 0.2) is 0 Å². The Morgan fingerprint density at radius 3 is 2.50 bits per heavy atom. The molecular weight excluding hydrogens is 407 g/mol. The van der Waals surface area contributed by atoms with Gasteiger partial charge in [0.1, 0.15) is 11.6 Å². The lowest BCUT2D eigenvalue weighted by atomic mass is 9.82. The van der Waals surface area contributed by atoms with Crippen molar-refractivity contribution in [2.45, 2.75) is 30.2 Å². The summed E-state index contributed by atoms with van der Waals surface area (Å²) in [6.07, 6.45) is 0.561. The average Bonchev–Trinajstić information content (AvgIpc) is 3.13. The first-order chi connectivity index (χ1) is 14.3. The summed E-state index contributed by atoms with van der Waals surface area (Å²) in [5.41, 5.74) is 1.06. The third kappa shape index (κ3) is 3.70. The van der Waals surface area contributed by atoms with Gasteiger partial charge in [-0.3, -0.25) is 4.79 Å². The molecule has 0 unspecified atom stereocenters. The Morgan fingerprint density at radius 2 is 1.87 bits per heavy atom. The van der Waals surface area contributed by atoms with E-state index in [0.717, 1.165) is 17.4 Å². The van der Waals surface area contributed by atoms with E-state index in [2.05, 4.69) is 0 Å². The van der Waals surface area contributed by atoms with E-state index in [4.69, 9.17) is 4.74 Å². The second kappa shape index (κ2) is 8.00. The number of sulfonamides is 1. The van der Waals surface area contributed by atoms with Gasteiger partial charge in [0.05, 0.1) is 12.0 Å². The van der Waals surface area contributed by atoms with Gasteiger partial charge in [0.25, 0.3) is 0 Å². The molecule has 1 amide bonds. The first-order valence-corrected chi connectivity index (χ1v) is 11.4. The highest BCUT2D eigenvalue weighted by molar-refractivity contribution is 7.89. The van der Waals surface area contributed by atoms with Crippen LogP contribution in [0, 0.1) is 11.7 Å². The number of nitrogens with zero attached hydrogens (tertiary/aromatic N) is 2. The maximum atomic E-state index is 13.6. The molecule has 2 fully saturated rings. The first kappa shape index (κ1) is 20.8. The fraction of sp³-hybridized carbons (Fsp3) is 0.409. The highest BCUT2D eigenvalue weighted by Crippen LogP contribution is 2.42. The number of piperidine rings is 1. The molecule has 4 rings (SSSR count). The van der Waals surface area contributed by atoms with Gasteiger partial charge in [-0.1, -0.05) is 18.2 Å². The van der Waals surface area contributed by atoms with Gasteiger partial charge in [0.2, 0.25) is 15.9 Å². The van der Waals surface area contributed by atoms with Crippen molar-refractivity contribution in [3.8, 4) is 5.75 Å². The first-order valence-electron chi connectivity index (χ1n) is 9.98. The average molecular weight is 433 g/mol. The molecule has 2 aliphatic rings. The molecule has 3 atom stereocenters. The van der Waals surface area contributed by atoms with Gasteiger partial charge in [-0.15, -0.1) is 0 Å². The van der Waals surface area contributed by atoms with E-state index in [1.807, 2.05) is 29.2 Å². The molecule has 2 saturated heterocycles. The Hall–Kier alpha value is -2.45. The largest absolute Gasteiger partial charge is 0.497 e. The van der Waals surface area contributed by atoms with E-state index in [1.165, 1.54) is 22.5 Å². The Bertz CT molecular complexity index is 1040. The molecule has 2 heterocycles. The summed E-state index contributed by atoms with van der Waals surface area (Å²) in [7, 11) is -2.20. The van der Waals surface area contributed by atoms with Crippen molar-refractivity contribution in [2.75, 3.05) is 26.7 Å². The van der Waals surface area contributed by atoms with Gasteiger partial charge in [-0.2, -0.15) is 4.31 Å². The molecular formula is C22H25FN2O4S. The number of hydrogen-bond donors (Lipinski definition) is 0. The van der Waals surface area contributed by atoms with Crippen LogP contribution in [0.25, 0.3) is 0 Å². The van der Waals surface area contributed by atoms with E-state index in [-0.39, 0.29) is 28.7 Å². The van der Waals surface area contributed by atoms with E-state index >= 15 is 0 Å². The third-order valence-electron chi connectivity index (χ3n) is 6.28. The van der Waals surface area contributed by atoms with E-state index in [9.17, 15) is 17.6 Å². The number of hydrogen-bond acceptors (Lipinski definition) is 4. The van der Waals surface area contributed by atoms with Gasteiger partial charge in [-0.25, -0.2) is 12.8 Å². The van der Waals surface area contributed by atoms with Gasteiger partial charge in [-0.05, 0) is 42.3 Å². The molecule has 0 bridgehead atoms. The minimum Gasteiger partial charge on any atom is -0.497 e. The van der Waals surface area contributed by atoms with Crippen molar-refractivity contribution in [1.29, 1.82) is 0 Å².